The number of nitrogens with zero attached hydrogens (tertiary/aromatic N) is 4. The van der Waals surface area contributed by atoms with Gasteiger partial charge in [-0.05, 0) is 49.6 Å². The second kappa shape index (κ2) is 13.6. The number of thiophene rings is 1. The van der Waals surface area contributed by atoms with Gasteiger partial charge in [-0.2, -0.15) is 22.5 Å². The first-order chi connectivity index (χ1) is 20.5. The second-order valence-electron chi connectivity index (χ2n) is 10.2. The van der Waals surface area contributed by atoms with Crippen LogP contribution >= 0.6 is 22.9 Å². The van der Waals surface area contributed by atoms with E-state index in [1.165, 1.54) is 28.6 Å². The van der Waals surface area contributed by atoms with Crippen LogP contribution in [0.1, 0.15) is 30.5 Å². The van der Waals surface area contributed by atoms with Crippen molar-refractivity contribution in [2.75, 3.05) is 46.0 Å². The van der Waals surface area contributed by atoms with Gasteiger partial charge in [0.1, 0.15) is 10.8 Å². The zero-order valence-electron chi connectivity index (χ0n) is 23.1. The fourth-order valence-corrected chi connectivity index (χ4v) is 8.34. The van der Waals surface area contributed by atoms with Gasteiger partial charge in [0.25, 0.3) is 10.0 Å². The van der Waals surface area contributed by atoms with Gasteiger partial charge in [-0.25, -0.2) is 13.4 Å². The van der Waals surface area contributed by atoms with E-state index in [1.807, 2.05) is 0 Å². The van der Waals surface area contributed by atoms with E-state index in [0.29, 0.717) is 53.9 Å². The molecule has 232 valence electrons. The molecular formula is C28H30ClF3N4O5S2. The molecule has 43 heavy (non-hydrogen) atoms. The molecule has 2 aromatic heterocycles. The van der Waals surface area contributed by atoms with Crippen LogP contribution in [0.3, 0.4) is 0 Å². The number of hydrogen-bond acceptors (Lipinski definition) is 9. The second-order valence-corrected chi connectivity index (χ2v) is 14.0. The third-order valence-electron chi connectivity index (χ3n) is 7.32. The van der Waals surface area contributed by atoms with E-state index in [0.717, 1.165) is 36.6 Å². The lowest BCUT2D eigenvalue weighted by Crippen LogP contribution is -2.40. The Hall–Kier alpha value is -2.62. The molecule has 0 radical (unpaired) electrons. The van der Waals surface area contributed by atoms with E-state index in [1.54, 1.807) is 6.07 Å². The number of morpholine rings is 1. The Morgan fingerprint density at radius 3 is 2.51 bits per heavy atom. The summed E-state index contributed by atoms with van der Waals surface area (Å²) in [6.07, 6.45) is -3.32. The first-order valence-electron chi connectivity index (χ1n) is 13.8. The van der Waals surface area contributed by atoms with Gasteiger partial charge >= 0.3 is 12.2 Å². The van der Waals surface area contributed by atoms with Crippen LogP contribution in [0.25, 0.3) is 11.3 Å². The third-order valence-corrected chi connectivity index (χ3v) is 10.9. The van der Waals surface area contributed by atoms with Gasteiger partial charge in [0, 0.05) is 43.9 Å². The number of alkyl halides is 3. The number of hydrogen-bond donors (Lipinski definition) is 0. The number of sulfonamides is 1. The molecule has 0 amide bonds. The maximum Gasteiger partial charge on any atom is 0.416 e. The SMILES string of the molecule is O=C(CCc1cc(-c2ccc(C(F)(F)F)cc2)nc(OCCN2CCOCC2)n1)[C@@H]1CCCN1S(=O)(=O)c1ccc(Cl)s1. The number of ketones is 1. The number of ether oxygens (including phenoxy) is 2. The van der Waals surface area contributed by atoms with Crippen LogP contribution in [0.15, 0.2) is 46.7 Å². The molecule has 2 fully saturated rings. The Kier molecular flexibility index (Phi) is 10.0. The van der Waals surface area contributed by atoms with Crippen molar-refractivity contribution >= 4 is 38.7 Å². The highest BCUT2D eigenvalue weighted by Gasteiger charge is 2.39. The van der Waals surface area contributed by atoms with Crippen LogP contribution in [0.5, 0.6) is 6.01 Å². The van der Waals surface area contributed by atoms with Crippen molar-refractivity contribution in [1.82, 2.24) is 19.2 Å². The summed E-state index contributed by atoms with van der Waals surface area (Å²) < 4.78 is 78.6. The smallest absolute Gasteiger partial charge is 0.416 e. The minimum Gasteiger partial charge on any atom is -0.462 e. The maximum atomic E-state index is 13.3. The first-order valence-corrected chi connectivity index (χ1v) is 16.4. The standard InChI is InChI=1S/C28H30ClF3N4O5S2/c29-25-9-10-26(42-25)43(38,39)36-11-1-2-23(36)24(37)8-7-21-18-22(19-3-5-20(6-4-19)28(30,31)32)34-27(33-21)41-17-14-35-12-15-40-16-13-35/h3-6,9-10,18,23H,1-2,7-8,11-17H2/t23-/m0/s1. The van der Waals surface area contributed by atoms with Crippen molar-refractivity contribution in [3.63, 3.8) is 0 Å². The molecule has 2 aliphatic rings. The van der Waals surface area contributed by atoms with E-state index in [-0.39, 0.29) is 42.0 Å². The summed E-state index contributed by atoms with van der Waals surface area (Å²) in [4.78, 5) is 24.4. The van der Waals surface area contributed by atoms with Crippen LogP contribution in [0, 0.1) is 0 Å². The van der Waals surface area contributed by atoms with Crippen LogP contribution in [0.4, 0.5) is 13.2 Å². The Labute approximate surface area is 256 Å². The molecule has 3 aromatic rings. The van der Waals surface area contributed by atoms with Gasteiger partial charge < -0.3 is 9.47 Å². The minimum absolute atomic E-state index is 0.0125. The molecule has 0 N–H and O–H groups in total. The molecule has 0 unspecified atom stereocenters. The molecule has 2 aliphatic heterocycles. The summed E-state index contributed by atoms with van der Waals surface area (Å²) in [5, 5.41) is 0. The van der Waals surface area contributed by atoms with E-state index in [2.05, 4.69) is 14.9 Å². The zero-order valence-corrected chi connectivity index (χ0v) is 25.4. The Balaban J connectivity index is 1.31. The summed E-state index contributed by atoms with van der Waals surface area (Å²) in [6.45, 7) is 3.97. The van der Waals surface area contributed by atoms with E-state index in [4.69, 9.17) is 21.1 Å². The average molecular weight is 659 g/mol. The van der Waals surface area contributed by atoms with Gasteiger partial charge in [0.2, 0.25) is 0 Å². The average Bonchev–Trinajstić information content (AvgIpc) is 3.67. The number of carbonyl (C=O) groups is 1. The first kappa shape index (κ1) is 31.8. The van der Waals surface area contributed by atoms with Crippen molar-refractivity contribution in [3.8, 4) is 17.3 Å². The van der Waals surface area contributed by atoms with Gasteiger partial charge in [-0.3, -0.25) is 9.69 Å². The molecule has 4 heterocycles. The van der Waals surface area contributed by atoms with Crippen molar-refractivity contribution in [3.05, 3.63) is 58.1 Å². The van der Waals surface area contributed by atoms with Gasteiger partial charge in [-0.1, -0.05) is 23.7 Å². The highest BCUT2D eigenvalue weighted by molar-refractivity contribution is 7.91. The van der Waals surface area contributed by atoms with E-state index < -0.39 is 27.8 Å². The fraction of sp³-hybridized carbons (Fsp3) is 0.464. The van der Waals surface area contributed by atoms with Gasteiger partial charge in [-0.15, -0.1) is 11.3 Å². The summed E-state index contributed by atoms with van der Waals surface area (Å²) in [5.41, 5.74) is 0.465. The van der Waals surface area contributed by atoms with Crippen LogP contribution in [0.2, 0.25) is 4.34 Å². The molecular weight excluding hydrogens is 629 g/mol. The Bertz CT molecular complexity index is 1530. The molecule has 0 bridgehead atoms. The summed E-state index contributed by atoms with van der Waals surface area (Å²) in [6, 6.07) is 8.43. The van der Waals surface area contributed by atoms with E-state index >= 15 is 0 Å². The highest BCUT2D eigenvalue weighted by atomic mass is 35.5. The van der Waals surface area contributed by atoms with Gasteiger partial charge in [0.15, 0.2) is 5.78 Å². The molecule has 1 aromatic carbocycles. The quantitative estimate of drug-likeness (QED) is 0.286. The number of Topliss-reactive ketones (excluding diaryl/α,β-unsaturated/α-hetero) is 1. The predicted molar refractivity (Wildman–Crippen MR) is 155 cm³/mol. The van der Waals surface area contributed by atoms with Crippen LogP contribution < -0.4 is 4.74 Å². The number of aromatic nitrogens is 2. The molecule has 0 spiro atoms. The number of benzene rings is 1. The molecule has 0 saturated carbocycles. The lowest BCUT2D eigenvalue weighted by molar-refractivity contribution is -0.137. The molecule has 0 aliphatic carbocycles. The number of carbonyl (C=O) groups excluding carboxylic acids is 1. The van der Waals surface area contributed by atoms with Crippen molar-refractivity contribution in [2.24, 2.45) is 0 Å². The van der Waals surface area contributed by atoms with Crippen LogP contribution in [-0.2, 0) is 32.2 Å². The normalized spacial score (nSPS) is 18.7. The van der Waals surface area contributed by atoms with Gasteiger partial charge in [0.05, 0.1) is 34.8 Å². The number of rotatable bonds is 11. The molecule has 15 heteroatoms. The lowest BCUT2D eigenvalue weighted by Gasteiger charge is -2.26. The molecule has 2 saturated heterocycles. The number of aryl methyl sites for hydroxylation is 1. The maximum absolute atomic E-state index is 13.3. The minimum atomic E-state index is -4.47. The third kappa shape index (κ3) is 7.91. The molecule has 1 atom stereocenters. The Morgan fingerprint density at radius 2 is 1.84 bits per heavy atom. The Morgan fingerprint density at radius 1 is 1.09 bits per heavy atom. The lowest BCUT2D eigenvalue weighted by atomic mass is 10.0. The summed E-state index contributed by atoms with van der Waals surface area (Å²) in [7, 11) is -3.87. The monoisotopic (exact) mass is 658 g/mol. The molecule has 9 nitrogen and oxygen atoms in total. The number of halogens is 4. The topological polar surface area (TPSA) is 102 Å². The fourth-order valence-electron chi connectivity index (χ4n) is 5.05. The van der Waals surface area contributed by atoms with Crippen molar-refractivity contribution < 1.29 is 35.9 Å². The zero-order chi connectivity index (χ0) is 30.6. The largest absolute Gasteiger partial charge is 0.462 e. The van der Waals surface area contributed by atoms with Crippen LogP contribution in [-0.4, -0.2) is 85.4 Å². The molecule has 5 rings (SSSR count). The predicted octanol–water partition coefficient (Wildman–Crippen LogP) is 4.94. The van der Waals surface area contributed by atoms with Crippen molar-refractivity contribution in [2.45, 2.75) is 42.1 Å². The summed E-state index contributed by atoms with van der Waals surface area (Å²) >= 11 is 6.89. The van der Waals surface area contributed by atoms with Crippen molar-refractivity contribution in [1.29, 1.82) is 0 Å². The summed E-state index contributed by atoms with van der Waals surface area (Å²) in [5.74, 6) is -0.242. The highest BCUT2D eigenvalue weighted by Crippen LogP contribution is 2.34. The van der Waals surface area contributed by atoms with E-state index in [9.17, 15) is 26.4 Å².